The third-order valence-corrected chi connectivity index (χ3v) is 3.95. The zero-order valence-corrected chi connectivity index (χ0v) is 15.5. The second-order valence-electron chi connectivity index (χ2n) is 6.14. The molecule has 0 bridgehead atoms. The van der Waals surface area contributed by atoms with E-state index in [2.05, 4.69) is 10.6 Å². The molecule has 0 saturated carbocycles. The van der Waals surface area contributed by atoms with Gasteiger partial charge in [0.25, 0.3) is 0 Å². The highest BCUT2D eigenvalue weighted by Crippen LogP contribution is 2.16. The molecule has 0 heterocycles. The van der Waals surface area contributed by atoms with Gasteiger partial charge in [-0.25, -0.2) is 0 Å². The largest absolute Gasteiger partial charge is 0.497 e. The van der Waals surface area contributed by atoms with Crippen molar-refractivity contribution in [2.75, 3.05) is 12.4 Å². The van der Waals surface area contributed by atoms with E-state index < -0.39 is 6.04 Å². The first-order valence-electron chi connectivity index (χ1n) is 8.40. The van der Waals surface area contributed by atoms with Crippen molar-refractivity contribution in [2.24, 2.45) is 0 Å². The maximum Gasteiger partial charge on any atom is 0.246 e. The summed E-state index contributed by atoms with van der Waals surface area (Å²) < 4.78 is 5.09. The van der Waals surface area contributed by atoms with E-state index in [0.29, 0.717) is 0 Å². The van der Waals surface area contributed by atoms with Crippen LogP contribution in [0.4, 0.5) is 5.69 Å². The quantitative estimate of drug-likeness (QED) is 0.782. The summed E-state index contributed by atoms with van der Waals surface area (Å²) >= 11 is 0. The van der Waals surface area contributed by atoms with Crippen LogP contribution >= 0.6 is 0 Å². The fraction of sp³-hybridized carbons (Fsp3) is 0.238. The Labute approximate surface area is 154 Å². The van der Waals surface area contributed by atoms with Gasteiger partial charge < -0.3 is 15.4 Å². The Kier molecular flexibility index (Phi) is 6.55. The van der Waals surface area contributed by atoms with Crippen molar-refractivity contribution in [3.63, 3.8) is 0 Å². The number of rotatable bonds is 6. The van der Waals surface area contributed by atoms with E-state index in [1.807, 2.05) is 56.3 Å². The fourth-order valence-corrected chi connectivity index (χ4v) is 2.33. The van der Waals surface area contributed by atoms with Gasteiger partial charge in [0.2, 0.25) is 11.8 Å². The lowest BCUT2D eigenvalue weighted by atomic mass is 10.1. The van der Waals surface area contributed by atoms with Crippen molar-refractivity contribution in [3.05, 3.63) is 65.2 Å². The molecule has 1 atom stereocenters. The summed E-state index contributed by atoms with van der Waals surface area (Å²) in [5.41, 5.74) is 3.66. The number of carbonyl (C=O) groups excluding carboxylic acids is 2. The second kappa shape index (κ2) is 8.85. The van der Waals surface area contributed by atoms with Crippen molar-refractivity contribution in [1.29, 1.82) is 0 Å². The third-order valence-electron chi connectivity index (χ3n) is 3.95. The lowest BCUT2D eigenvalue weighted by molar-refractivity contribution is -0.123. The number of hydrogen-bond donors (Lipinski definition) is 2. The summed E-state index contributed by atoms with van der Waals surface area (Å²) in [4.78, 5) is 24.3. The van der Waals surface area contributed by atoms with Crippen LogP contribution in [-0.4, -0.2) is 25.0 Å². The Balaban J connectivity index is 1.91. The van der Waals surface area contributed by atoms with Gasteiger partial charge in [0.15, 0.2) is 0 Å². The third kappa shape index (κ3) is 5.48. The van der Waals surface area contributed by atoms with E-state index in [1.54, 1.807) is 20.1 Å². The molecule has 2 N–H and O–H groups in total. The number of carbonyl (C=O) groups is 2. The molecule has 0 aliphatic rings. The van der Waals surface area contributed by atoms with E-state index in [9.17, 15) is 9.59 Å². The number of nitrogens with one attached hydrogen (secondary N) is 2. The van der Waals surface area contributed by atoms with Crippen molar-refractivity contribution in [2.45, 2.75) is 26.8 Å². The van der Waals surface area contributed by atoms with Crippen LogP contribution in [0.5, 0.6) is 5.75 Å². The molecular weight excluding hydrogens is 328 g/mol. The van der Waals surface area contributed by atoms with Crippen LogP contribution in [0.1, 0.15) is 23.6 Å². The minimum Gasteiger partial charge on any atom is -0.497 e. The normalized spacial score (nSPS) is 11.8. The molecule has 0 aromatic heterocycles. The van der Waals surface area contributed by atoms with Gasteiger partial charge in [0.05, 0.1) is 7.11 Å². The number of amides is 2. The van der Waals surface area contributed by atoms with Gasteiger partial charge in [0, 0.05) is 11.8 Å². The number of benzene rings is 2. The maximum atomic E-state index is 12.3. The van der Waals surface area contributed by atoms with Gasteiger partial charge in [-0.15, -0.1) is 0 Å². The predicted molar refractivity (Wildman–Crippen MR) is 104 cm³/mol. The molecule has 0 spiro atoms. The molecule has 5 heteroatoms. The summed E-state index contributed by atoms with van der Waals surface area (Å²) in [5.74, 6) is 0.165. The molecule has 2 aromatic rings. The molecule has 2 amide bonds. The Bertz CT molecular complexity index is 811. The molecule has 2 aromatic carbocycles. The molecule has 26 heavy (non-hydrogen) atoms. The first-order valence-corrected chi connectivity index (χ1v) is 8.40. The summed E-state index contributed by atoms with van der Waals surface area (Å²) in [6.07, 6.45) is 3.09. The standard InChI is InChI=1S/C21H24N2O3/c1-14-5-6-15(2)19(13-14)23-21(25)16(3)22-20(24)12-9-17-7-10-18(26-4)11-8-17/h5-13,16H,1-4H3,(H,22,24)(H,23,25)/b12-9+. The van der Waals surface area contributed by atoms with Crippen LogP contribution in [0.25, 0.3) is 6.08 Å². The summed E-state index contributed by atoms with van der Waals surface area (Å²) in [7, 11) is 1.60. The smallest absolute Gasteiger partial charge is 0.246 e. The van der Waals surface area contributed by atoms with E-state index in [4.69, 9.17) is 4.74 Å². The average molecular weight is 352 g/mol. The zero-order valence-electron chi connectivity index (χ0n) is 15.5. The fourth-order valence-electron chi connectivity index (χ4n) is 2.33. The minimum atomic E-state index is -0.650. The molecule has 2 rings (SSSR count). The topological polar surface area (TPSA) is 67.4 Å². The van der Waals surface area contributed by atoms with E-state index in [1.165, 1.54) is 6.08 Å². The summed E-state index contributed by atoms with van der Waals surface area (Å²) in [5, 5.41) is 5.52. The molecule has 0 aliphatic carbocycles. The van der Waals surface area contributed by atoms with Crippen LogP contribution < -0.4 is 15.4 Å². The Morgan fingerprint density at radius 3 is 2.42 bits per heavy atom. The first kappa shape index (κ1) is 19.2. The highest BCUT2D eigenvalue weighted by molar-refractivity contribution is 6.00. The van der Waals surface area contributed by atoms with E-state index >= 15 is 0 Å². The van der Waals surface area contributed by atoms with Gasteiger partial charge in [-0.2, -0.15) is 0 Å². The van der Waals surface area contributed by atoms with Crippen molar-refractivity contribution in [1.82, 2.24) is 5.32 Å². The SMILES string of the molecule is COc1ccc(/C=C/C(=O)NC(C)C(=O)Nc2cc(C)ccc2C)cc1. The van der Waals surface area contributed by atoms with Crippen molar-refractivity contribution in [3.8, 4) is 5.75 Å². The summed E-state index contributed by atoms with van der Waals surface area (Å²) in [6, 6.07) is 12.5. The molecule has 0 saturated heterocycles. The molecular formula is C21H24N2O3. The van der Waals surface area contributed by atoms with Crippen molar-refractivity contribution < 1.29 is 14.3 Å². The highest BCUT2D eigenvalue weighted by atomic mass is 16.5. The Morgan fingerprint density at radius 1 is 1.08 bits per heavy atom. The van der Waals surface area contributed by atoms with Crippen LogP contribution in [0.15, 0.2) is 48.5 Å². The monoisotopic (exact) mass is 352 g/mol. The van der Waals surface area contributed by atoms with Crippen LogP contribution in [0.3, 0.4) is 0 Å². The predicted octanol–water partition coefficient (Wildman–Crippen LogP) is 3.47. The van der Waals surface area contributed by atoms with Gasteiger partial charge in [-0.1, -0.05) is 24.3 Å². The first-order chi connectivity index (χ1) is 12.4. The molecule has 0 radical (unpaired) electrons. The molecule has 0 aliphatic heterocycles. The lowest BCUT2D eigenvalue weighted by Crippen LogP contribution is -2.41. The van der Waals surface area contributed by atoms with E-state index in [0.717, 1.165) is 28.1 Å². The van der Waals surface area contributed by atoms with Crippen LogP contribution in [0, 0.1) is 13.8 Å². The van der Waals surface area contributed by atoms with Gasteiger partial charge in [-0.3, -0.25) is 9.59 Å². The molecule has 5 nitrogen and oxygen atoms in total. The number of anilines is 1. The minimum absolute atomic E-state index is 0.259. The van der Waals surface area contributed by atoms with Gasteiger partial charge in [0.1, 0.15) is 11.8 Å². The molecule has 136 valence electrons. The van der Waals surface area contributed by atoms with Crippen LogP contribution in [0.2, 0.25) is 0 Å². The van der Waals surface area contributed by atoms with Crippen molar-refractivity contribution >= 4 is 23.6 Å². The lowest BCUT2D eigenvalue weighted by Gasteiger charge is -2.15. The zero-order chi connectivity index (χ0) is 19.1. The number of hydrogen-bond acceptors (Lipinski definition) is 3. The maximum absolute atomic E-state index is 12.3. The van der Waals surface area contributed by atoms with E-state index in [-0.39, 0.29) is 11.8 Å². The van der Waals surface area contributed by atoms with Crippen LogP contribution in [-0.2, 0) is 9.59 Å². The number of ether oxygens (including phenoxy) is 1. The Morgan fingerprint density at radius 2 is 1.77 bits per heavy atom. The molecule has 1 unspecified atom stereocenters. The highest BCUT2D eigenvalue weighted by Gasteiger charge is 2.15. The van der Waals surface area contributed by atoms with Gasteiger partial charge >= 0.3 is 0 Å². The Hall–Kier alpha value is -3.08. The number of aryl methyl sites for hydroxylation is 2. The second-order valence-corrected chi connectivity index (χ2v) is 6.14. The van der Waals surface area contributed by atoms with Gasteiger partial charge in [-0.05, 0) is 61.7 Å². The number of methoxy groups -OCH3 is 1. The molecule has 0 fully saturated rings. The summed E-state index contributed by atoms with van der Waals surface area (Å²) in [6.45, 7) is 5.54. The average Bonchev–Trinajstić information content (AvgIpc) is 2.63.